The number of nitrogens with one attached hydrogen (secondary N) is 1. The molecule has 0 saturated heterocycles. The molecule has 0 radical (unpaired) electrons. The Bertz CT molecular complexity index is 471. The SMILES string of the molecule is NCCCN(c1ccccc1)S(=O)(=O)NC1CC1. The van der Waals surface area contributed by atoms with Crippen LogP contribution in [0.1, 0.15) is 19.3 Å². The van der Waals surface area contributed by atoms with Crippen molar-refractivity contribution in [1.82, 2.24) is 4.72 Å². The predicted molar refractivity (Wildman–Crippen MR) is 72.5 cm³/mol. The van der Waals surface area contributed by atoms with Crippen molar-refractivity contribution >= 4 is 15.9 Å². The summed E-state index contributed by atoms with van der Waals surface area (Å²) in [5, 5.41) is 0. The second-order valence-electron chi connectivity index (χ2n) is 4.45. The largest absolute Gasteiger partial charge is 0.330 e. The van der Waals surface area contributed by atoms with Gasteiger partial charge in [-0.2, -0.15) is 13.1 Å². The van der Waals surface area contributed by atoms with Gasteiger partial charge in [-0.05, 0) is 37.9 Å². The minimum Gasteiger partial charge on any atom is -0.330 e. The van der Waals surface area contributed by atoms with E-state index >= 15 is 0 Å². The Kier molecular flexibility index (Phi) is 4.21. The molecule has 5 nitrogen and oxygen atoms in total. The minimum atomic E-state index is -3.46. The molecule has 0 bridgehead atoms. The molecule has 0 amide bonds. The first kappa shape index (κ1) is 13.3. The summed E-state index contributed by atoms with van der Waals surface area (Å²) in [5.74, 6) is 0. The smallest absolute Gasteiger partial charge is 0.301 e. The van der Waals surface area contributed by atoms with E-state index in [-0.39, 0.29) is 6.04 Å². The van der Waals surface area contributed by atoms with E-state index in [1.54, 1.807) is 12.1 Å². The Morgan fingerprint density at radius 2 is 1.94 bits per heavy atom. The van der Waals surface area contributed by atoms with Gasteiger partial charge in [0.25, 0.3) is 0 Å². The fourth-order valence-electron chi connectivity index (χ4n) is 1.69. The van der Waals surface area contributed by atoms with Crippen molar-refractivity contribution in [3.63, 3.8) is 0 Å². The van der Waals surface area contributed by atoms with Gasteiger partial charge in [0.1, 0.15) is 0 Å². The molecule has 1 saturated carbocycles. The van der Waals surface area contributed by atoms with Crippen LogP contribution in [0.25, 0.3) is 0 Å². The third kappa shape index (κ3) is 3.44. The van der Waals surface area contributed by atoms with Crippen LogP contribution in [-0.4, -0.2) is 27.5 Å². The van der Waals surface area contributed by atoms with Crippen molar-refractivity contribution in [3.8, 4) is 0 Å². The van der Waals surface area contributed by atoms with Crippen molar-refractivity contribution in [3.05, 3.63) is 30.3 Å². The van der Waals surface area contributed by atoms with Crippen molar-refractivity contribution in [2.45, 2.75) is 25.3 Å². The van der Waals surface area contributed by atoms with Gasteiger partial charge in [0.05, 0.1) is 5.69 Å². The zero-order valence-corrected chi connectivity index (χ0v) is 11.1. The number of rotatable bonds is 7. The fourth-order valence-corrected chi connectivity index (χ4v) is 3.25. The van der Waals surface area contributed by atoms with Gasteiger partial charge in [-0.1, -0.05) is 18.2 Å². The number of anilines is 1. The average Bonchev–Trinajstić information content (AvgIpc) is 3.14. The van der Waals surface area contributed by atoms with Gasteiger partial charge in [-0.3, -0.25) is 4.31 Å². The van der Waals surface area contributed by atoms with Crippen molar-refractivity contribution in [2.24, 2.45) is 5.73 Å². The van der Waals surface area contributed by atoms with Gasteiger partial charge in [0.15, 0.2) is 0 Å². The van der Waals surface area contributed by atoms with Gasteiger partial charge in [0, 0.05) is 12.6 Å². The molecule has 6 heteroatoms. The summed E-state index contributed by atoms with van der Waals surface area (Å²) in [4.78, 5) is 0. The molecule has 1 fully saturated rings. The number of benzene rings is 1. The molecule has 18 heavy (non-hydrogen) atoms. The summed E-state index contributed by atoms with van der Waals surface area (Å²) in [6.45, 7) is 0.880. The molecule has 1 aromatic carbocycles. The van der Waals surface area contributed by atoms with Gasteiger partial charge in [-0.25, -0.2) is 0 Å². The first-order valence-corrected chi connectivity index (χ1v) is 7.62. The zero-order valence-electron chi connectivity index (χ0n) is 10.2. The molecule has 0 spiro atoms. The molecule has 100 valence electrons. The highest BCUT2D eigenvalue weighted by Gasteiger charge is 2.30. The second kappa shape index (κ2) is 5.69. The number of nitrogens with two attached hydrogens (primary N) is 1. The molecular weight excluding hydrogens is 250 g/mol. The van der Waals surface area contributed by atoms with Crippen LogP contribution < -0.4 is 14.8 Å². The summed E-state index contributed by atoms with van der Waals surface area (Å²) >= 11 is 0. The van der Waals surface area contributed by atoms with E-state index in [0.29, 0.717) is 25.2 Å². The number of hydrogen-bond donors (Lipinski definition) is 2. The lowest BCUT2D eigenvalue weighted by Gasteiger charge is -2.24. The highest BCUT2D eigenvalue weighted by Crippen LogP contribution is 2.23. The van der Waals surface area contributed by atoms with E-state index in [2.05, 4.69) is 4.72 Å². The standard InChI is InChI=1S/C12H19N3O2S/c13-9-4-10-15(12-5-2-1-3-6-12)18(16,17)14-11-7-8-11/h1-3,5-6,11,14H,4,7-10,13H2. The van der Waals surface area contributed by atoms with Crippen LogP contribution >= 0.6 is 0 Å². The summed E-state index contributed by atoms with van der Waals surface area (Å²) in [5.41, 5.74) is 6.15. The Hall–Kier alpha value is -1.11. The van der Waals surface area contributed by atoms with E-state index in [4.69, 9.17) is 5.73 Å². The van der Waals surface area contributed by atoms with Gasteiger partial charge < -0.3 is 5.73 Å². The Labute approximate surface area is 108 Å². The number of nitrogens with zero attached hydrogens (tertiary/aromatic N) is 1. The molecule has 0 heterocycles. The topological polar surface area (TPSA) is 75.4 Å². The third-order valence-electron chi connectivity index (χ3n) is 2.79. The first-order chi connectivity index (χ1) is 8.63. The molecule has 0 aliphatic heterocycles. The molecular formula is C12H19N3O2S. The minimum absolute atomic E-state index is 0.110. The summed E-state index contributed by atoms with van der Waals surface area (Å²) in [6, 6.07) is 9.23. The molecule has 2 rings (SSSR count). The lowest BCUT2D eigenvalue weighted by molar-refractivity contribution is 0.574. The maximum absolute atomic E-state index is 12.3. The van der Waals surface area contributed by atoms with E-state index in [1.807, 2.05) is 18.2 Å². The average molecular weight is 269 g/mol. The zero-order chi connectivity index (χ0) is 13.0. The highest BCUT2D eigenvalue weighted by molar-refractivity contribution is 7.90. The molecule has 1 aliphatic carbocycles. The summed E-state index contributed by atoms with van der Waals surface area (Å²) < 4.78 is 28.6. The first-order valence-electron chi connectivity index (χ1n) is 6.18. The van der Waals surface area contributed by atoms with Crippen LogP contribution in [0, 0.1) is 0 Å². The van der Waals surface area contributed by atoms with E-state index in [0.717, 1.165) is 12.8 Å². The van der Waals surface area contributed by atoms with Gasteiger partial charge in [0.2, 0.25) is 0 Å². The maximum Gasteiger partial charge on any atom is 0.301 e. The van der Waals surface area contributed by atoms with Crippen molar-refractivity contribution in [2.75, 3.05) is 17.4 Å². The van der Waals surface area contributed by atoms with E-state index < -0.39 is 10.2 Å². The lowest BCUT2D eigenvalue weighted by Crippen LogP contribution is -2.42. The highest BCUT2D eigenvalue weighted by atomic mass is 32.2. The molecule has 0 aromatic heterocycles. The van der Waals surface area contributed by atoms with Crippen LogP contribution in [-0.2, 0) is 10.2 Å². The van der Waals surface area contributed by atoms with Crippen LogP contribution in [0.3, 0.4) is 0 Å². The third-order valence-corrected chi connectivity index (χ3v) is 4.40. The molecule has 3 N–H and O–H groups in total. The Morgan fingerprint density at radius 3 is 2.50 bits per heavy atom. The second-order valence-corrected chi connectivity index (χ2v) is 6.07. The lowest BCUT2D eigenvalue weighted by atomic mass is 10.3. The predicted octanol–water partition coefficient (Wildman–Crippen LogP) is 0.839. The van der Waals surface area contributed by atoms with Gasteiger partial charge in [-0.15, -0.1) is 0 Å². The normalized spacial score (nSPS) is 15.6. The summed E-state index contributed by atoms with van der Waals surface area (Å²) in [6.07, 6.45) is 2.50. The van der Waals surface area contributed by atoms with Crippen molar-refractivity contribution < 1.29 is 8.42 Å². The fraction of sp³-hybridized carbons (Fsp3) is 0.500. The van der Waals surface area contributed by atoms with Crippen LogP contribution in [0.5, 0.6) is 0 Å². The maximum atomic E-state index is 12.3. The van der Waals surface area contributed by atoms with E-state index in [1.165, 1.54) is 4.31 Å². The quantitative estimate of drug-likeness (QED) is 0.770. The van der Waals surface area contributed by atoms with Crippen LogP contribution in [0.15, 0.2) is 30.3 Å². The number of hydrogen-bond acceptors (Lipinski definition) is 3. The van der Waals surface area contributed by atoms with Crippen LogP contribution in [0.4, 0.5) is 5.69 Å². The molecule has 0 unspecified atom stereocenters. The van der Waals surface area contributed by atoms with Gasteiger partial charge >= 0.3 is 10.2 Å². The molecule has 0 atom stereocenters. The molecule has 1 aliphatic rings. The number of para-hydroxylation sites is 1. The van der Waals surface area contributed by atoms with E-state index in [9.17, 15) is 8.42 Å². The summed E-state index contributed by atoms with van der Waals surface area (Å²) in [7, 11) is -3.46. The molecule has 1 aromatic rings. The monoisotopic (exact) mass is 269 g/mol. The van der Waals surface area contributed by atoms with Crippen LogP contribution in [0.2, 0.25) is 0 Å². The Balaban J connectivity index is 2.18. The Morgan fingerprint density at radius 1 is 1.28 bits per heavy atom. The van der Waals surface area contributed by atoms with Crippen molar-refractivity contribution in [1.29, 1.82) is 0 Å².